The highest BCUT2D eigenvalue weighted by Gasteiger charge is 2.23. The normalized spacial score (nSPS) is 12.5. The first-order valence-corrected chi connectivity index (χ1v) is 9.91. The number of rotatable bonds is 5. The van der Waals surface area contributed by atoms with Gasteiger partial charge in [-0.25, -0.2) is 8.42 Å². The van der Waals surface area contributed by atoms with Gasteiger partial charge in [0.15, 0.2) is 15.6 Å². The van der Waals surface area contributed by atoms with E-state index >= 15 is 0 Å². The van der Waals surface area contributed by atoms with Gasteiger partial charge in [-0.2, -0.15) is 0 Å². The molecule has 0 aliphatic rings. The monoisotopic (exact) mass is 370 g/mol. The number of para-hydroxylation sites is 1. The van der Waals surface area contributed by atoms with E-state index in [-0.39, 0.29) is 0 Å². The maximum atomic E-state index is 12.0. The summed E-state index contributed by atoms with van der Waals surface area (Å²) in [6.45, 7) is 1.36. The number of anilines is 1. The molecule has 0 saturated carbocycles. The van der Waals surface area contributed by atoms with Crippen LogP contribution in [0.4, 0.5) is 5.69 Å². The van der Waals surface area contributed by atoms with Crippen LogP contribution in [0.1, 0.15) is 6.92 Å². The summed E-state index contributed by atoms with van der Waals surface area (Å²) in [5.74, 6) is 0.641. The molecule has 134 valence electrons. The van der Waals surface area contributed by atoms with Gasteiger partial charge in [0.2, 0.25) is 5.91 Å². The lowest BCUT2D eigenvalue weighted by Gasteiger charge is -2.12. The van der Waals surface area contributed by atoms with E-state index in [4.69, 9.17) is 4.74 Å². The fourth-order valence-corrected chi connectivity index (χ4v) is 2.78. The number of carbonyl (C=O) groups excluding carboxylic acids is 1. The number of hydrogen-bond acceptors (Lipinski definition) is 5. The number of carbonyl (C=O) groups is 1. The van der Waals surface area contributed by atoms with Gasteiger partial charge in [0.1, 0.15) is 16.5 Å². The van der Waals surface area contributed by atoms with Crippen LogP contribution in [0.2, 0.25) is 0 Å². The van der Waals surface area contributed by atoms with Gasteiger partial charge >= 0.3 is 0 Å². The molecule has 0 spiro atoms. The van der Waals surface area contributed by atoms with Crippen molar-refractivity contribution < 1.29 is 17.9 Å². The molecule has 1 heterocycles. The number of aromatic nitrogens is 1. The molecule has 6 nitrogen and oxygen atoms in total. The Morgan fingerprint density at radius 2 is 1.77 bits per heavy atom. The van der Waals surface area contributed by atoms with Gasteiger partial charge in [-0.3, -0.25) is 9.78 Å². The van der Waals surface area contributed by atoms with Crippen LogP contribution in [0.3, 0.4) is 0 Å². The number of ether oxygens (including phenoxy) is 1. The Balaban J connectivity index is 1.75. The molecule has 7 heteroatoms. The Bertz CT molecular complexity index is 1040. The SMILES string of the molecule is C[C@H](C(=O)Nc1ccc(Oc2cccc3cccnc23)cc1)S(C)(=O)=O. The second-order valence-electron chi connectivity index (χ2n) is 5.92. The second-order valence-corrected chi connectivity index (χ2v) is 8.28. The summed E-state index contributed by atoms with van der Waals surface area (Å²) in [5.41, 5.74) is 1.25. The van der Waals surface area contributed by atoms with Crippen molar-refractivity contribution in [3.63, 3.8) is 0 Å². The zero-order chi connectivity index (χ0) is 18.7. The molecule has 26 heavy (non-hydrogen) atoms. The lowest BCUT2D eigenvalue weighted by Crippen LogP contribution is -2.31. The minimum absolute atomic E-state index is 0.494. The summed E-state index contributed by atoms with van der Waals surface area (Å²) < 4.78 is 28.8. The van der Waals surface area contributed by atoms with E-state index in [0.29, 0.717) is 17.2 Å². The molecule has 1 N–H and O–H groups in total. The van der Waals surface area contributed by atoms with E-state index in [1.807, 2.05) is 30.3 Å². The van der Waals surface area contributed by atoms with Crippen LogP contribution in [-0.2, 0) is 14.6 Å². The molecule has 0 unspecified atom stereocenters. The molecular formula is C19H18N2O4S. The van der Waals surface area contributed by atoms with Crippen molar-refractivity contribution in [2.75, 3.05) is 11.6 Å². The van der Waals surface area contributed by atoms with Gasteiger partial charge in [0.25, 0.3) is 0 Å². The molecule has 0 saturated heterocycles. The van der Waals surface area contributed by atoms with E-state index in [2.05, 4.69) is 10.3 Å². The third kappa shape index (κ3) is 4.00. The molecule has 0 bridgehead atoms. The van der Waals surface area contributed by atoms with Crippen LogP contribution in [0, 0.1) is 0 Å². The molecule has 1 atom stereocenters. The topological polar surface area (TPSA) is 85.4 Å². The Labute approximate surface area is 151 Å². The van der Waals surface area contributed by atoms with Crippen molar-refractivity contribution in [2.24, 2.45) is 0 Å². The van der Waals surface area contributed by atoms with E-state index in [9.17, 15) is 13.2 Å². The quantitative estimate of drug-likeness (QED) is 0.744. The van der Waals surface area contributed by atoms with Crippen molar-refractivity contribution in [1.82, 2.24) is 4.98 Å². The van der Waals surface area contributed by atoms with E-state index < -0.39 is 21.0 Å². The summed E-state index contributed by atoms with van der Waals surface area (Å²) in [4.78, 5) is 16.3. The number of sulfone groups is 1. The lowest BCUT2D eigenvalue weighted by atomic mass is 10.2. The van der Waals surface area contributed by atoms with Gasteiger partial charge < -0.3 is 10.1 Å². The third-order valence-electron chi connectivity index (χ3n) is 3.96. The summed E-state index contributed by atoms with van der Waals surface area (Å²) in [7, 11) is -3.44. The molecule has 1 aromatic heterocycles. The van der Waals surface area contributed by atoms with Crippen LogP contribution in [0.5, 0.6) is 11.5 Å². The Morgan fingerprint density at radius 1 is 1.08 bits per heavy atom. The van der Waals surface area contributed by atoms with Crippen LogP contribution in [-0.4, -0.2) is 30.8 Å². The zero-order valence-corrected chi connectivity index (χ0v) is 15.2. The zero-order valence-electron chi connectivity index (χ0n) is 14.3. The standard InChI is InChI=1S/C19H18N2O4S/c1-13(26(2,23)24)19(22)21-15-8-10-16(11-9-15)25-17-7-3-5-14-6-4-12-20-18(14)17/h3-13H,1-2H3,(H,21,22)/t13-/m1/s1. The first kappa shape index (κ1) is 17.9. The highest BCUT2D eigenvalue weighted by atomic mass is 32.2. The second kappa shape index (κ2) is 7.13. The number of pyridine rings is 1. The molecule has 0 aliphatic carbocycles. The van der Waals surface area contributed by atoms with Crippen molar-refractivity contribution in [3.05, 3.63) is 60.8 Å². The number of hydrogen-bond donors (Lipinski definition) is 1. The predicted octanol–water partition coefficient (Wildman–Crippen LogP) is 3.40. The Kier molecular flexibility index (Phi) is 4.90. The number of benzene rings is 2. The number of nitrogens with one attached hydrogen (secondary N) is 1. The van der Waals surface area contributed by atoms with Crippen LogP contribution in [0.25, 0.3) is 10.9 Å². The fraction of sp³-hybridized carbons (Fsp3) is 0.158. The fourth-order valence-electron chi connectivity index (χ4n) is 2.33. The maximum Gasteiger partial charge on any atom is 0.242 e. The predicted molar refractivity (Wildman–Crippen MR) is 101 cm³/mol. The van der Waals surface area contributed by atoms with E-state index in [0.717, 1.165) is 17.2 Å². The summed E-state index contributed by atoms with van der Waals surface area (Å²) in [6, 6.07) is 16.2. The first-order valence-electron chi connectivity index (χ1n) is 7.96. The van der Waals surface area contributed by atoms with Gasteiger partial charge in [-0.1, -0.05) is 18.2 Å². The van der Waals surface area contributed by atoms with Crippen molar-refractivity contribution in [3.8, 4) is 11.5 Å². The molecule has 3 aromatic rings. The maximum absolute atomic E-state index is 12.0. The van der Waals surface area contributed by atoms with Crippen LogP contribution < -0.4 is 10.1 Å². The third-order valence-corrected chi connectivity index (χ3v) is 5.46. The highest BCUT2D eigenvalue weighted by Crippen LogP contribution is 2.28. The summed E-state index contributed by atoms with van der Waals surface area (Å²) in [5, 5.41) is 2.45. The van der Waals surface area contributed by atoms with Gasteiger partial charge in [0.05, 0.1) is 0 Å². The number of fused-ring (bicyclic) bond motifs is 1. The van der Waals surface area contributed by atoms with Gasteiger partial charge in [-0.05, 0) is 43.3 Å². The number of nitrogens with zero attached hydrogens (tertiary/aromatic N) is 1. The van der Waals surface area contributed by atoms with Gasteiger partial charge in [0, 0.05) is 23.5 Å². The van der Waals surface area contributed by atoms with Crippen molar-refractivity contribution in [2.45, 2.75) is 12.2 Å². The Hall–Kier alpha value is -2.93. The number of amides is 1. The molecule has 2 aromatic carbocycles. The minimum atomic E-state index is -3.44. The molecule has 1 amide bonds. The Morgan fingerprint density at radius 3 is 2.46 bits per heavy atom. The van der Waals surface area contributed by atoms with E-state index in [1.165, 1.54) is 6.92 Å². The van der Waals surface area contributed by atoms with Crippen LogP contribution in [0.15, 0.2) is 60.8 Å². The molecule has 0 aliphatic heterocycles. The summed E-state index contributed by atoms with van der Waals surface area (Å²) >= 11 is 0. The van der Waals surface area contributed by atoms with Crippen LogP contribution >= 0.6 is 0 Å². The summed E-state index contributed by atoms with van der Waals surface area (Å²) in [6.07, 6.45) is 2.74. The average Bonchev–Trinajstić information content (AvgIpc) is 2.62. The average molecular weight is 370 g/mol. The molecule has 0 fully saturated rings. The van der Waals surface area contributed by atoms with Gasteiger partial charge in [-0.15, -0.1) is 0 Å². The van der Waals surface area contributed by atoms with Crippen molar-refractivity contribution in [1.29, 1.82) is 0 Å². The van der Waals surface area contributed by atoms with E-state index in [1.54, 1.807) is 30.5 Å². The lowest BCUT2D eigenvalue weighted by molar-refractivity contribution is -0.115. The molecule has 0 radical (unpaired) electrons. The molecule has 3 rings (SSSR count). The minimum Gasteiger partial charge on any atom is -0.455 e. The highest BCUT2D eigenvalue weighted by molar-refractivity contribution is 7.92. The smallest absolute Gasteiger partial charge is 0.242 e. The largest absolute Gasteiger partial charge is 0.455 e. The molecular weight excluding hydrogens is 352 g/mol. The first-order chi connectivity index (χ1) is 12.3. The van der Waals surface area contributed by atoms with Crippen molar-refractivity contribution >= 4 is 32.3 Å².